The number of benzene rings is 1. The number of hydrogen-bond acceptors (Lipinski definition) is 8. The van der Waals surface area contributed by atoms with Crippen molar-refractivity contribution in [2.75, 3.05) is 13.2 Å². The highest BCUT2D eigenvalue weighted by Crippen LogP contribution is 2.46. The number of carbonyl (C=O) groups excluding carboxylic acids is 3. The number of ether oxygens (including phenoxy) is 2. The van der Waals surface area contributed by atoms with Crippen molar-refractivity contribution in [3.8, 4) is 11.6 Å². The van der Waals surface area contributed by atoms with Gasteiger partial charge in [-0.3, -0.25) is 19.1 Å². The summed E-state index contributed by atoms with van der Waals surface area (Å²) in [6.45, 7) is 6.49. The molecule has 0 radical (unpaired) electrons. The zero-order valence-electron chi connectivity index (χ0n) is 27.0. The van der Waals surface area contributed by atoms with E-state index in [0.717, 1.165) is 19.3 Å². The van der Waals surface area contributed by atoms with Gasteiger partial charge < -0.3 is 19.7 Å². The maximum absolute atomic E-state index is 14.4. The summed E-state index contributed by atoms with van der Waals surface area (Å²) in [5.74, 6) is -1.31. The molecule has 4 aliphatic rings. The number of rotatable bonds is 7. The molecule has 0 bridgehead atoms. The largest absolute Gasteiger partial charge is 0.492 e. The molecule has 6 atom stereocenters. The molecule has 1 saturated heterocycles. The number of amides is 3. The minimum absolute atomic E-state index is 0.0770. The first-order valence-corrected chi connectivity index (χ1v) is 18.2. The topological polar surface area (TPSA) is 144 Å². The molecule has 2 aromatic rings. The van der Waals surface area contributed by atoms with E-state index >= 15 is 0 Å². The van der Waals surface area contributed by atoms with Crippen LogP contribution in [0.15, 0.2) is 36.5 Å². The van der Waals surface area contributed by atoms with Crippen LogP contribution in [0.1, 0.15) is 72.1 Å². The van der Waals surface area contributed by atoms with Gasteiger partial charge in [-0.25, -0.2) is 17.8 Å². The molecule has 1 aromatic heterocycles. The number of aromatic nitrogens is 1. The van der Waals surface area contributed by atoms with E-state index in [-0.39, 0.29) is 49.4 Å². The highest BCUT2D eigenvalue weighted by atomic mass is 32.2. The van der Waals surface area contributed by atoms with Gasteiger partial charge in [-0.15, -0.1) is 0 Å². The highest BCUT2D eigenvalue weighted by Gasteiger charge is 2.62. The standard InChI is InChI=1S/C34H43FN4O7S/c1-4-45-29-18-36-32(27-15-23(35)9-12-26(27)29)46-24-16-28-31(41)37-34(33(42)38-47(43,44)25-10-11-25)17-22(34)8-6-5-7-20(2)13-21(3)14-30(40)39(28)19-24/h6,8-9,12,15,18,20-22,24-25,28H,4-5,7,10-11,13-14,16-17,19H2,1-3H3,(H,37,41)(H,38,42)/b8-6-/t20-,21-,22-,24-,28+,34-/m1/s1. The highest BCUT2D eigenvalue weighted by molar-refractivity contribution is 7.91. The molecule has 2 aliphatic heterocycles. The predicted molar refractivity (Wildman–Crippen MR) is 172 cm³/mol. The second-order valence-corrected chi connectivity index (χ2v) is 15.7. The minimum Gasteiger partial charge on any atom is -0.492 e. The molecule has 3 heterocycles. The Balaban J connectivity index is 1.29. The molecule has 2 saturated carbocycles. The van der Waals surface area contributed by atoms with E-state index < -0.39 is 50.6 Å². The van der Waals surface area contributed by atoms with Crippen LogP contribution < -0.4 is 19.5 Å². The Morgan fingerprint density at radius 2 is 1.94 bits per heavy atom. The molecule has 254 valence electrons. The lowest BCUT2D eigenvalue weighted by Crippen LogP contribution is -2.56. The summed E-state index contributed by atoms with van der Waals surface area (Å²) in [5, 5.41) is 3.29. The number of allylic oxidation sites excluding steroid dienone is 1. The number of nitrogens with zero attached hydrogens (tertiary/aromatic N) is 2. The van der Waals surface area contributed by atoms with Crippen LogP contribution in [-0.2, 0) is 24.4 Å². The van der Waals surface area contributed by atoms with Gasteiger partial charge in [0, 0.05) is 24.1 Å². The second-order valence-electron chi connectivity index (χ2n) is 13.7. The van der Waals surface area contributed by atoms with Gasteiger partial charge in [0.2, 0.25) is 27.7 Å². The summed E-state index contributed by atoms with van der Waals surface area (Å²) < 4.78 is 53.9. The maximum atomic E-state index is 14.4. The average molecular weight is 671 g/mol. The third-order valence-electron chi connectivity index (χ3n) is 9.73. The molecule has 1 aromatic carbocycles. The van der Waals surface area contributed by atoms with E-state index in [1.807, 2.05) is 26.0 Å². The van der Waals surface area contributed by atoms with Gasteiger partial charge in [0.25, 0.3) is 5.91 Å². The van der Waals surface area contributed by atoms with Gasteiger partial charge in [-0.05, 0) is 75.5 Å². The van der Waals surface area contributed by atoms with Crippen LogP contribution in [0, 0.1) is 23.6 Å². The summed E-state index contributed by atoms with van der Waals surface area (Å²) in [5.41, 5.74) is -1.44. The fourth-order valence-corrected chi connectivity index (χ4v) is 8.37. The zero-order valence-corrected chi connectivity index (χ0v) is 27.9. The monoisotopic (exact) mass is 670 g/mol. The molecular weight excluding hydrogens is 627 g/mol. The number of halogens is 1. The summed E-state index contributed by atoms with van der Waals surface area (Å²) in [6.07, 6.45) is 8.83. The van der Waals surface area contributed by atoms with E-state index in [2.05, 4.69) is 21.9 Å². The molecule has 3 amide bonds. The summed E-state index contributed by atoms with van der Waals surface area (Å²) >= 11 is 0. The molecule has 13 heteroatoms. The van der Waals surface area contributed by atoms with Crippen LogP contribution in [0.4, 0.5) is 4.39 Å². The van der Waals surface area contributed by atoms with Crippen molar-refractivity contribution < 1.29 is 36.7 Å². The first-order valence-electron chi connectivity index (χ1n) is 16.6. The van der Waals surface area contributed by atoms with Gasteiger partial charge >= 0.3 is 0 Å². The SMILES string of the molecule is CCOc1cnc(O[C@@H]2C[C@H]3C(=O)N[C@]4(C(=O)NS(=O)(=O)C5CC5)C[C@H]4/C=C\CC[C@@H](C)C[C@@H](C)CC(=O)N3C2)c2cc(F)ccc12. The Morgan fingerprint density at radius 3 is 2.68 bits per heavy atom. The number of nitrogens with one attached hydrogen (secondary N) is 2. The number of hydrogen-bond donors (Lipinski definition) is 2. The van der Waals surface area contributed by atoms with Crippen LogP contribution in [0.2, 0.25) is 0 Å². The van der Waals surface area contributed by atoms with Crippen LogP contribution in [-0.4, -0.2) is 72.1 Å². The Labute approximate surface area is 274 Å². The van der Waals surface area contributed by atoms with Crippen molar-refractivity contribution in [3.63, 3.8) is 0 Å². The Bertz CT molecular complexity index is 1700. The molecule has 6 rings (SSSR count). The van der Waals surface area contributed by atoms with Crippen molar-refractivity contribution in [1.82, 2.24) is 19.9 Å². The van der Waals surface area contributed by atoms with Gasteiger partial charge in [0.15, 0.2) is 0 Å². The lowest BCUT2D eigenvalue weighted by atomic mass is 9.91. The second kappa shape index (κ2) is 13.0. The van der Waals surface area contributed by atoms with E-state index in [1.165, 1.54) is 23.2 Å². The Hall–Kier alpha value is -3.74. The first-order chi connectivity index (χ1) is 22.4. The van der Waals surface area contributed by atoms with Crippen molar-refractivity contribution >= 4 is 38.5 Å². The first kappa shape index (κ1) is 33.2. The molecule has 3 fully saturated rings. The molecule has 47 heavy (non-hydrogen) atoms. The van der Waals surface area contributed by atoms with Crippen LogP contribution >= 0.6 is 0 Å². The number of sulfonamides is 1. The van der Waals surface area contributed by atoms with Crippen molar-refractivity contribution in [3.05, 3.63) is 42.4 Å². The fraction of sp³-hybridized carbons (Fsp3) is 0.588. The van der Waals surface area contributed by atoms with E-state index in [9.17, 15) is 27.2 Å². The van der Waals surface area contributed by atoms with E-state index in [0.29, 0.717) is 41.9 Å². The Morgan fingerprint density at radius 1 is 1.15 bits per heavy atom. The molecule has 0 spiro atoms. The van der Waals surface area contributed by atoms with Gasteiger partial charge in [0.05, 0.1) is 30.0 Å². The minimum atomic E-state index is -3.84. The molecule has 11 nitrogen and oxygen atoms in total. The van der Waals surface area contributed by atoms with E-state index in [4.69, 9.17) is 9.47 Å². The zero-order chi connectivity index (χ0) is 33.5. The third-order valence-corrected chi connectivity index (χ3v) is 11.5. The van der Waals surface area contributed by atoms with Crippen LogP contribution in [0.25, 0.3) is 10.8 Å². The number of fused-ring (bicyclic) bond motifs is 3. The normalized spacial score (nSPS) is 30.7. The van der Waals surface area contributed by atoms with Gasteiger partial charge in [-0.1, -0.05) is 26.0 Å². The van der Waals surface area contributed by atoms with Crippen LogP contribution in [0.5, 0.6) is 11.6 Å². The van der Waals surface area contributed by atoms with Crippen molar-refractivity contribution in [1.29, 1.82) is 0 Å². The lowest BCUT2D eigenvalue weighted by Gasteiger charge is -2.27. The maximum Gasteiger partial charge on any atom is 0.259 e. The van der Waals surface area contributed by atoms with Crippen molar-refractivity contribution in [2.24, 2.45) is 17.8 Å². The van der Waals surface area contributed by atoms with Gasteiger partial charge in [-0.2, -0.15) is 0 Å². The van der Waals surface area contributed by atoms with Crippen LogP contribution in [0.3, 0.4) is 0 Å². The van der Waals surface area contributed by atoms with E-state index in [1.54, 1.807) is 6.07 Å². The lowest BCUT2D eigenvalue weighted by molar-refractivity contribution is -0.140. The number of carbonyl (C=O) groups is 3. The summed E-state index contributed by atoms with van der Waals surface area (Å²) in [7, 11) is -3.84. The number of pyridine rings is 1. The third kappa shape index (κ3) is 7.09. The summed E-state index contributed by atoms with van der Waals surface area (Å²) in [4.78, 5) is 47.3. The molecule has 2 aliphatic carbocycles. The fourth-order valence-electron chi connectivity index (χ4n) is 7.01. The predicted octanol–water partition coefficient (Wildman–Crippen LogP) is 4.01. The summed E-state index contributed by atoms with van der Waals surface area (Å²) in [6, 6.07) is 3.27. The molecular formula is C34H43FN4O7S. The van der Waals surface area contributed by atoms with Gasteiger partial charge in [0.1, 0.15) is 29.3 Å². The Kier molecular flexibility index (Phi) is 9.21. The smallest absolute Gasteiger partial charge is 0.259 e. The van der Waals surface area contributed by atoms with Crippen molar-refractivity contribution in [2.45, 2.75) is 95.1 Å². The molecule has 0 unspecified atom stereocenters. The average Bonchev–Trinajstić information content (AvgIpc) is 3.93. The quantitative estimate of drug-likeness (QED) is 0.421. The molecule has 2 N–H and O–H groups in total.